The molecule has 0 fully saturated rings. The molecular formula is C16H18F3NO2. The van der Waals surface area contributed by atoms with Crippen LogP contribution in [0.15, 0.2) is 30.5 Å². The molecule has 1 aliphatic heterocycles. The predicted molar refractivity (Wildman–Crippen MR) is 77.0 cm³/mol. The normalized spacial score (nSPS) is 15.7. The van der Waals surface area contributed by atoms with Crippen LogP contribution in [0.5, 0.6) is 0 Å². The van der Waals surface area contributed by atoms with Crippen LogP contribution < -0.4 is 0 Å². The lowest BCUT2D eigenvalue weighted by atomic mass is 10.0. The SMILES string of the molecule is CC(C)(C)OC(=O)N1C=C(c2cccc(C(F)(F)F)c2)CC1. The van der Waals surface area contributed by atoms with Gasteiger partial charge in [0.25, 0.3) is 0 Å². The zero-order valence-electron chi connectivity index (χ0n) is 12.7. The van der Waals surface area contributed by atoms with E-state index in [1.54, 1.807) is 33.0 Å². The van der Waals surface area contributed by atoms with E-state index in [1.165, 1.54) is 11.0 Å². The summed E-state index contributed by atoms with van der Waals surface area (Å²) in [5.74, 6) is 0. The lowest BCUT2D eigenvalue weighted by Gasteiger charge is -2.23. The number of alkyl halides is 3. The highest BCUT2D eigenvalue weighted by Crippen LogP contribution is 2.33. The van der Waals surface area contributed by atoms with Crippen molar-refractivity contribution in [1.29, 1.82) is 0 Å². The van der Waals surface area contributed by atoms with Crippen molar-refractivity contribution in [2.24, 2.45) is 0 Å². The topological polar surface area (TPSA) is 29.5 Å². The monoisotopic (exact) mass is 313 g/mol. The Morgan fingerprint density at radius 1 is 1.23 bits per heavy atom. The fraction of sp³-hybridized carbons (Fsp3) is 0.438. The van der Waals surface area contributed by atoms with Gasteiger partial charge in [-0.25, -0.2) is 4.79 Å². The second kappa shape index (κ2) is 5.66. The van der Waals surface area contributed by atoms with E-state index in [4.69, 9.17) is 4.74 Å². The van der Waals surface area contributed by atoms with E-state index in [-0.39, 0.29) is 0 Å². The third-order valence-corrected chi connectivity index (χ3v) is 3.12. The van der Waals surface area contributed by atoms with Gasteiger partial charge in [-0.15, -0.1) is 0 Å². The maximum Gasteiger partial charge on any atom is 0.416 e. The van der Waals surface area contributed by atoms with E-state index in [2.05, 4.69) is 0 Å². The number of carbonyl (C=O) groups excluding carboxylic acids is 1. The van der Waals surface area contributed by atoms with Gasteiger partial charge in [-0.3, -0.25) is 4.90 Å². The second-order valence-electron chi connectivity index (χ2n) is 6.16. The second-order valence-corrected chi connectivity index (χ2v) is 6.16. The number of hydrogen-bond donors (Lipinski definition) is 0. The minimum Gasteiger partial charge on any atom is -0.443 e. The van der Waals surface area contributed by atoms with Crippen molar-refractivity contribution in [2.45, 2.75) is 39.0 Å². The van der Waals surface area contributed by atoms with E-state index in [0.29, 0.717) is 24.1 Å². The summed E-state index contributed by atoms with van der Waals surface area (Å²) in [7, 11) is 0. The van der Waals surface area contributed by atoms with Gasteiger partial charge < -0.3 is 4.74 Å². The maximum absolute atomic E-state index is 12.7. The summed E-state index contributed by atoms with van der Waals surface area (Å²) in [6.07, 6.45) is -2.81. The van der Waals surface area contributed by atoms with Crippen molar-refractivity contribution in [1.82, 2.24) is 4.90 Å². The Balaban J connectivity index is 2.18. The fourth-order valence-electron chi connectivity index (χ4n) is 2.14. The Hall–Kier alpha value is -1.98. The predicted octanol–water partition coefficient (Wildman–Crippen LogP) is 4.69. The molecule has 0 atom stereocenters. The van der Waals surface area contributed by atoms with Gasteiger partial charge >= 0.3 is 12.3 Å². The summed E-state index contributed by atoms with van der Waals surface area (Å²) >= 11 is 0. The smallest absolute Gasteiger partial charge is 0.416 e. The van der Waals surface area contributed by atoms with Gasteiger partial charge in [0.1, 0.15) is 5.60 Å². The Labute approximate surface area is 127 Å². The Morgan fingerprint density at radius 2 is 1.91 bits per heavy atom. The molecule has 0 unspecified atom stereocenters. The Bertz CT molecular complexity index is 600. The van der Waals surface area contributed by atoms with Crippen LogP contribution in [0.1, 0.15) is 38.3 Å². The summed E-state index contributed by atoms with van der Waals surface area (Å²) in [6.45, 7) is 5.69. The number of rotatable bonds is 1. The van der Waals surface area contributed by atoms with Gasteiger partial charge in [-0.2, -0.15) is 13.2 Å². The van der Waals surface area contributed by atoms with Gasteiger partial charge in [0.05, 0.1) is 5.56 Å². The number of halogens is 3. The lowest BCUT2D eigenvalue weighted by Crippen LogP contribution is -2.32. The van der Waals surface area contributed by atoms with E-state index < -0.39 is 23.4 Å². The first-order valence-corrected chi connectivity index (χ1v) is 6.94. The Morgan fingerprint density at radius 3 is 2.50 bits per heavy atom. The first kappa shape index (κ1) is 16.4. The first-order valence-electron chi connectivity index (χ1n) is 6.94. The van der Waals surface area contributed by atoms with Gasteiger partial charge in [-0.1, -0.05) is 12.1 Å². The zero-order chi connectivity index (χ0) is 16.5. The van der Waals surface area contributed by atoms with Gasteiger partial charge in [0, 0.05) is 12.7 Å². The molecule has 1 aliphatic rings. The molecule has 6 heteroatoms. The lowest BCUT2D eigenvalue weighted by molar-refractivity contribution is -0.137. The molecule has 0 bridgehead atoms. The Kier molecular flexibility index (Phi) is 4.22. The van der Waals surface area contributed by atoms with E-state index in [1.807, 2.05) is 0 Å². The third-order valence-electron chi connectivity index (χ3n) is 3.12. The van der Waals surface area contributed by atoms with Crippen molar-refractivity contribution >= 4 is 11.7 Å². The average molecular weight is 313 g/mol. The van der Waals surface area contributed by atoms with Crippen LogP contribution in [0, 0.1) is 0 Å². The van der Waals surface area contributed by atoms with Crippen molar-refractivity contribution in [3.8, 4) is 0 Å². The fourth-order valence-corrected chi connectivity index (χ4v) is 2.14. The van der Waals surface area contributed by atoms with Crippen molar-refractivity contribution in [3.05, 3.63) is 41.6 Å². The highest BCUT2D eigenvalue weighted by Gasteiger charge is 2.31. The first-order chi connectivity index (χ1) is 10.1. The highest BCUT2D eigenvalue weighted by molar-refractivity contribution is 5.77. The van der Waals surface area contributed by atoms with Gasteiger partial charge in [-0.05, 0) is 50.5 Å². The molecule has 0 spiro atoms. The quantitative estimate of drug-likeness (QED) is 0.753. The average Bonchev–Trinajstić information content (AvgIpc) is 2.85. The van der Waals surface area contributed by atoms with Gasteiger partial charge in [0.2, 0.25) is 0 Å². The molecule has 0 saturated carbocycles. The molecule has 2 rings (SSSR count). The minimum atomic E-state index is -4.37. The van der Waals surface area contributed by atoms with E-state index in [0.717, 1.165) is 12.1 Å². The van der Waals surface area contributed by atoms with Crippen molar-refractivity contribution in [3.63, 3.8) is 0 Å². The molecule has 3 nitrogen and oxygen atoms in total. The molecule has 1 aromatic carbocycles. The maximum atomic E-state index is 12.7. The van der Waals surface area contributed by atoms with Crippen molar-refractivity contribution in [2.75, 3.05) is 6.54 Å². The molecule has 0 radical (unpaired) electrons. The molecule has 0 aromatic heterocycles. The van der Waals surface area contributed by atoms with Gasteiger partial charge in [0.15, 0.2) is 0 Å². The van der Waals surface area contributed by atoms with Crippen molar-refractivity contribution < 1.29 is 22.7 Å². The summed E-state index contributed by atoms with van der Waals surface area (Å²) in [6, 6.07) is 5.11. The summed E-state index contributed by atoms with van der Waals surface area (Å²) < 4.78 is 43.5. The zero-order valence-corrected chi connectivity index (χ0v) is 12.7. The highest BCUT2D eigenvalue weighted by atomic mass is 19.4. The molecule has 22 heavy (non-hydrogen) atoms. The summed E-state index contributed by atoms with van der Waals surface area (Å²) in [4.78, 5) is 13.3. The van der Waals surface area contributed by atoms with Crippen LogP contribution in [-0.4, -0.2) is 23.1 Å². The number of amides is 1. The minimum absolute atomic E-state index is 0.403. The number of ether oxygens (including phenoxy) is 1. The van der Waals surface area contributed by atoms with Crippen LogP contribution in [0.2, 0.25) is 0 Å². The number of hydrogen-bond acceptors (Lipinski definition) is 2. The molecule has 1 aromatic rings. The van der Waals surface area contributed by atoms with Crippen LogP contribution in [0.3, 0.4) is 0 Å². The molecule has 1 heterocycles. The standard InChI is InChI=1S/C16H18F3NO2/c1-15(2,3)22-14(21)20-8-7-12(10-20)11-5-4-6-13(9-11)16(17,18)19/h4-6,9-10H,7-8H2,1-3H3. The van der Waals surface area contributed by atoms with Crippen LogP contribution in [-0.2, 0) is 10.9 Å². The van der Waals surface area contributed by atoms with E-state index in [9.17, 15) is 18.0 Å². The molecule has 1 amide bonds. The van der Waals surface area contributed by atoms with Crippen LogP contribution >= 0.6 is 0 Å². The number of benzene rings is 1. The molecular weight excluding hydrogens is 295 g/mol. The molecule has 120 valence electrons. The summed E-state index contributed by atoms with van der Waals surface area (Å²) in [5, 5.41) is 0. The number of carbonyl (C=O) groups is 1. The summed E-state index contributed by atoms with van der Waals surface area (Å²) in [5.41, 5.74) is -0.136. The van der Waals surface area contributed by atoms with E-state index >= 15 is 0 Å². The third kappa shape index (κ3) is 4.02. The molecule has 0 aliphatic carbocycles. The van der Waals surface area contributed by atoms with Crippen LogP contribution in [0.25, 0.3) is 5.57 Å². The molecule has 0 N–H and O–H groups in total. The number of nitrogens with zero attached hydrogens (tertiary/aromatic N) is 1. The molecule has 0 saturated heterocycles. The van der Waals surface area contributed by atoms with Crippen LogP contribution in [0.4, 0.5) is 18.0 Å². The largest absolute Gasteiger partial charge is 0.443 e.